The van der Waals surface area contributed by atoms with Crippen molar-refractivity contribution in [2.75, 3.05) is 19.0 Å². The summed E-state index contributed by atoms with van der Waals surface area (Å²) in [5, 5.41) is 17.7. The van der Waals surface area contributed by atoms with Gasteiger partial charge in [-0.25, -0.2) is 14.6 Å². The lowest BCUT2D eigenvalue weighted by atomic mass is 10.1. The third kappa shape index (κ3) is 7.06. The van der Waals surface area contributed by atoms with E-state index >= 15 is 0 Å². The third-order valence-corrected chi connectivity index (χ3v) is 5.51. The van der Waals surface area contributed by atoms with Gasteiger partial charge in [-0.1, -0.05) is 54.1 Å². The quantitative estimate of drug-likeness (QED) is 0.452. The number of nitrogens with zero attached hydrogens (tertiary/aromatic N) is 2. The molecule has 0 fully saturated rings. The first kappa shape index (κ1) is 24.3. The topological polar surface area (TPSA) is 104 Å². The number of benzene rings is 2. The van der Waals surface area contributed by atoms with Crippen LogP contribution < -0.4 is 10.6 Å². The Morgan fingerprint density at radius 1 is 1.15 bits per heavy atom. The molecule has 0 saturated carbocycles. The summed E-state index contributed by atoms with van der Waals surface area (Å²) in [7, 11) is 1.58. The molecule has 9 heteroatoms. The molecule has 33 heavy (non-hydrogen) atoms. The van der Waals surface area contributed by atoms with Crippen molar-refractivity contribution in [3.05, 3.63) is 71.4 Å². The number of hydrogen-bond donors (Lipinski definition) is 3. The number of aromatic nitrogens is 1. The molecule has 0 radical (unpaired) electrons. The highest BCUT2D eigenvalue weighted by Crippen LogP contribution is 2.17. The van der Waals surface area contributed by atoms with Gasteiger partial charge in [0.15, 0.2) is 0 Å². The summed E-state index contributed by atoms with van der Waals surface area (Å²) in [6.45, 7) is 1.76. The van der Waals surface area contributed by atoms with Crippen molar-refractivity contribution < 1.29 is 19.4 Å². The minimum absolute atomic E-state index is 0.0969. The molecule has 0 saturated heterocycles. The van der Waals surface area contributed by atoms with Crippen molar-refractivity contribution >= 4 is 40.3 Å². The van der Waals surface area contributed by atoms with Crippen molar-refractivity contribution in [1.29, 1.82) is 0 Å². The number of hydrogen-bond acceptors (Lipinski definition) is 5. The Kier molecular flexibility index (Phi) is 8.46. The van der Waals surface area contributed by atoms with Gasteiger partial charge in [-0.2, -0.15) is 0 Å². The van der Waals surface area contributed by atoms with E-state index in [2.05, 4.69) is 15.6 Å². The average Bonchev–Trinajstić information content (AvgIpc) is 2.80. The molecule has 3 aromatic rings. The lowest BCUT2D eigenvalue weighted by Gasteiger charge is -2.29. The molecule has 3 amide bonds. The standard InChI is InChI=1S/C24H27ClN4O4/c1-16(30)11-20(29(2)23(31)27-14-19-9-5-6-10-21(19)25)15-33-24(32)28-22-12-17-7-3-4-8-18(17)13-26-22/h3-10,12-13,16,20,30H,11,14-15H2,1-2H3,(H,27,31)(H,26,28,32)/t16-,20+/m1/s1. The number of rotatable bonds is 8. The number of halogens is 1. The first-order chi connectivity index (χ1) is 15.8. The lowest BCUT2D eigenvalue weighted by molar-refractivity contribution is 0.0847. The Labute approximate surface area is 197 Å². The van der Waals surface area contributed by atoms with Crippen LogP contribution in [0.1, 0.15) is 18.9 Å². The normalized spacial score (nSPS) is 12.6. The van der Waals surface area contributed by atoms with Gasteiger partial charge in [0.05, 0.1) is 12.1 Å². The molecule has 0 spiro atoms. The Morgan fingerprint density at radius 2 is 1.85 bits per heavy atom. The van der Waals surface area contributed by atoms with Gasteiger partial charge in [-0.15, -0.1) is 0 Å². The maximum absolute atomic E-state index is 12.6. The third-order valence-electron chi connectivity index (χ3n) is 5.14. The molecule has 8 nitrogen and oxygen atoms in total. The first-order valence-electron chi connectivity index (χ1n) is 10.5. The fourth-order valence-corrected chi connectivity index (χ4v) is 3.50. The molecular weight excluding hydrogens is 444 g/mol. The molecule has 3 N–H and O–H groups in total. The summed E-state index contributed by atoms with van der Waals surface area (Å²) in [6.07, 6.45) is 0.511. The SMILES string of the molecule is C[C@@H](O)C[C@@H](COC(=O)Nc1cc2ccccc2cn1)N(C)C(=O)NCc1ccccc1Cl. The van der Waals surface area contributed by atoms with Gasteiger partial charge in [0.25, 0.3) is 0 Å². The van der Waals surface area contributed by atoms with Crippen molar-refractivity contribution in [1.82, 2.24) is 15.2 Å². The zero-order valence-corrected chi connectivity index (χ0v) is 19.2. The predicted molar refractivity (Wildman–Crippen MR) is 128 cm³/mol. The number of aliphatic hydroxyl groups is 1. The molecule has 1 heterocycles. The Hall–Kier alpha value is -3.36. The summed E-state index contributed by atoms with van der Waals surface area (Å²) >= 11 is 6.13. The Balaban J connectivity index is 1.56. The smallest absolute Gasteiger partial charge is 0.412 e. The van der Waals surface area contributed by atoms with E-state index in [0.717, 1.165) is 16.3 Å². The minimum atomic E-state index is -0.696. The van der Waals surface area contributed by atoms with E-state index in [-0.39, 0.29) is 25.6 Å². The number of carbonyl (C=O) groups is 2. The second-order valence-corrected chi connectivity index (χ2v) is 8.15. The molecule has 0 aliphatic rings. The van der Waals surface area contributed by atoms with Crippen LogP contribution in [0, 0.1) is 0 Å². The Morgan fingerprint density at radius 3 is 2.58 bits per heavy atom. The van der Waals surface area contributed by atoms with Crippen LogP contribution in [0.15, 0.2) is 60.8 Å². The second kappa shape index (κ2) is 11.5. The summed E-state index contributed by atoms with van der Waals surface area (Å²) in [5.74, 6) is 0.358. The molecule has 0 bridgehead atoms. The molecular formula is C24H27ClN4O4. The van der Waals surface area contributed by atoms with Crippen LogP contribution in [0.3, 0.4) is 0 Å². The van der Waals surface area contributed by atoms with E-state index in [1.54, 1.807) is 32.3 Å². The summed E-state index contributed by atoms with van der Waals surface area (Å²) in [5.41, 5.74) is 0.784. The molecule has 2 aromatic carbocycles. The highest BCUT2D eigenvalue weighted by atomic mass is 35.5. The number of nitrogens with one attached hydrogen (secondary N) is 2. The zero-order chi connectivity index (χ0) is 23.8. The molecule has 1 aromatic heterocycles. The number of carbonyl (C=O) groups excluding carboxylic acids is 2. The highest BCUT2D eigenvalue weighted by Gasteiger charge is 2.23. The number of urea groups is 1. The summed E-state index contributed by atoms with van der Waals surface area (Å²) in [6, 6.07) is 15.7. The molecule has 2 atom stereocenters. The zero-order valence-electron chi connectivity index (χ0n) is 18.5. The van der Waals surface area contributed by atoms with Gasteiger partial charge < -0.3 is 20.1 Å². The Bertz CT molecular complexity index is 1110. The van der Waals surface area contributed by atoms with Gasteiger partial charge in [0, 0.05) is 30.2 Å². The monoisotopic (exact) mass is 470 g/mol. The van der Waals surface area contributed by atoms with Crippen LogP contribution in [-0.2, 0) is 11.3 Å². The maximum Gasteiger partial charge on any atom is 0.412 e. The summed E-state index contributed by atoms with van der Waals surface area (Å²) in [4.78, 5) is 30.6. The van der Waals surface area contributed by atoms with Gasteiger partial charge in [0.2, 0.25) is 0 Å². The van der Waals surface area contributed by atoms with Gasteiger partial charge >= 0.3 is 12.1 Å². The van der Waals surface area contributed by atoms with Gasteiger partial charge in [-0.3, -0.25) is 5.32 Å². The van der Waals surface area contributed by atoms with Gasteiger partial charge in [0.1, 0.15) is 12.4 Å². The van der Waals surface area contributed by atoms with E-state index in [4.69, 9.17) is 16.3 Å². The van der Waals surface area contributed by atoms with Crippen molar-refractivity contribution in [2.24, 2.45) is 0 Å². The number of pyridine rings is 1. The van der Waals surface area contributed by atoms with E-state index in [1.807, 2.05) is 42.5 Å². The van der Waals surface area contributed by atoms with Crippen LogP contribution >= 0.6 is 11.6 Å². The second-order valence-electron chi connectivity index (χ2n) is 7.74. The number of anilines is 1. The summed E-state index contributed by atoms with van der Waals surface area (Å²) < 4.78 is 5.33. The van der Waals surface area contributed by atoms with E-state index < -0.39 is 18.2 Å². The predicted octanol–water partition coefficient (Wildman–Crippen LogP) is 4.42. The molecule has 174 valence electrons. The maximum atomic E-state index is 12.6. The highest BCUT2D eigenvalue weighted by molar-refractivity contribution is 6.31. The van der Waals surface area contributed by atoms with Crippen molar-refractivity contribution in [3.63, 3.8) is 0 Å². The average molecular weight is 471 g/mol. The first-order valence-corrected chi connectivity index (χ1v) is 10.9. The number of amides is 3. The fraction of sp³-hybridized carbons (Fsp3) is 0.292. The van der Waals surface area contributed by atoms with E-state index in [9.17, 15) is 14.7 Å². The number of fused-ring (bicyclic) bond motifs is 1. The van der Waals surface area contributed by atoms with E-state index in [1.165, 1.54) is 4.90 Å². The minimum Gasteiger partial charge on any atom is -0.447 e. The van der Waals surface area contributed by atoms with Crippen molar-refractivity contribution in [3.8, 4) is 0 Å². The van der Waals surface area contributed by atoms with Crippen molar-refractivity contribution in [2.45, 2.75) is 32.0 Å². The molecule has 0 aliphatic carbocycles. The molecule has 3 rings (SSSR count). The largest absolute Gasteiger partial charge is 0.447 e. The number of likely N-dealkylation sites (N-methyl/N-ethyl adjacent to an activating group) is 1. The van der Waals surface area contributed by atoms with Crippen LogP contribution in [-0.4, -0.2) is 52.9 Å². The van der Waals surface area contributed by atoms with Crippen LogP contribution in [0.2, 0.25) is 5.02 Å². The van der Waals surface area contributed by atoms with E-state index in [0.29, 0.717) is 10.8 Å². The van der Waals surface area contributed by atoms with Crippen LogP contribution in [0.5, 0.6) is 0 Å². The van der Waals surface area contributed by atoms with Crippen LogP contribution in [0.25, 0.3) is 10.8 Å². The van der Waals surface area contributed by atoms with Crippen LogP contribution in [0.4, 0.5) is 15.4 Å². The lowest BCUT2D eigenvalue weighted by Crippen LogP contribution is -2.47. The molecule has 0 unspecified atom stereocenters. The number of ether oxygens (including phenoxy) is 1. The molecule has 0 aliphatic heterocycles. The fourth-order valence-electron chi connectivity index (χ4n) is 3.30. The number of aliphatic hydroxyl groups excluding tert-OH is 1. The van der Waals surface area contributed by atoms with Gasteiger partial charge in [-0.05, 0) is 36.4 Å².